The predicted molar refractivity (Wildman–Crippen MR) is 111 cm³/mol. The number of Topliss-reactive ketones (excluding diaryl/α,β-unsaturated/α-hetero) is 2. The predicted octanol–water partition coefficient (Wildman–Crippen LogP) is 4.13. The Hall–Kier alpha value is -2.51. The summed E-state index contributed by atoms with van der Waals surface area (Å²) in [6.45, 7) is 3.21. The van der Waals surface area contributed by atoms with Crippen molar-refractivity contribution in [2.24, 2.45) is 0 Å². The second-order valence-electron chi connectivity index (χ2n) is 6.78. The van der Waals surface area contributed by atoms with Gasteiger partial charge in [0, 0.05) is 34.3 Å². The first-order valence-electron chi connectivity index (χ1n) is 9.04. The van der Waals surface area contributed by atoms with Crippen LogP contribution < -0.4 is 5.32 Å². The number of carbonyl (C=O) groups is 3. The molecule has 0 saturated heterocycles. The van der Waals surface area contributed by atoms with Crippen LogP contribution >= 0.6 is 15.9 Å². The molecule has 0 fully saturated rings. The van der Waals surface area contributed by atoms with Crippen molar-refractivity contribution in [3.63, 3.8) is 0 Å². The fourth-order valence-corrected chi connectivity index (χ4v) is 3.79. The van der Waals surface area contributed by atoms with E-state index in [4.69, 9.17) is 5.11 Å². The fourth-order valence-electron chi connectivity index (χ4n) is 3.43. The van der Waals surface area contributed by atoms with Crippen molar-refractivity contribution in [3.8, 4) is 0 Å². The van der Waals surface area contributed by atoms with Gasteiger partial charge in [-0.15, -0.1) is 0 Å². The summed E-state index contributed by atoms with van der Waals surface area (Å²) in [7, 11) is 0. The SMILES string of the molecule is CC(=O)c1c(/C=C2\C(=O)Nc3ccc(Br)cc32)[nH]c(C(=O)CCCCO)c1C. The molecule has 0 saturated carbocycles. The molecular weight excluding hydrogens is 424 g/mol. The van der Waals surface area contributed by atoms with E-state index in [1.165, 1.54) is 6.92 Å². The summed E-state index contributed by atoms with van der Waals surface area (Å²) in [6, 6.07) is 5.48. The van der Waals surface area contributed by atoms with Gasteiger partial charge >= 0.3 is 0 Å². The van der Waals surface area contributed by atoms with Crippen molar-refractivity contribution in [2.45, 2.75) is 33.1 Å². The number of aliphatic hydroxyl groups excluding tert-OH is 1. The first-order valence-corrected chi connectivity index (χ1v) is 9.83. The van der Waals surface area contributed by atoms with Crippen LogP contribution in [0.1, 0.15) is 63.9 Å². The summed E-state index contributed by atoms with van der Waals surface area (Å²) in [6.07, 6.45) is 3.03. The number of benzene rings is 1. The van der Waals surface area contributed by atoms with Crippen LogP contribution in [0, 0.1) is 6.92 Å². The zero-order valence-corrected chi connectivity index (χ0v) is 17.3. The van der Waals surface area contributed by atoms with Crippen LogP contribution in [0.5, 0.6) is 0 Å². The van der Waals surface area contributed by atoms with E-state index in [1.54, 1.807) is 19.1 Å². The summed E-state index contributed by atoms with van der Waals surface area (Å²) >= 11 is 3.41. The third-order valence-corrected chi connectivity index (χ3v) is 5.27. The molecule has 28 heavy (non-hydrogen) atoms. The Kier molecular flexibility index (Phi) is 5.96. The number of hydrogen-bond donors (Lipinski definition) is 3. The van der Waals surface area contributed by atoms with Gasteiger partial charge in [-0.3, -0.25) is 14.4 Å². The highest BCUT2D eigenvalue weighted by Gasteiger charge is 2.27. The standard InChI is InChI=1S/C21H21BrN2O4/c1-11-19(12(2)26)17(23-20(11)18(27)5-3-4-8-25)10-15-14-9-13(22)6-7-16(14)24-21(15)28/h6-7,9-10,23,25H,3-5,8H2,1-2H3,(H,24,28)/b15-10-. The first kappa shape index (κ1) is 20.2. The van der Waals surface area contributed by atoms with Crippen LogP contribution in [0.3, 0.4) is 0 Å². The normalized spacial score (nSPS) is 14.3. The van der Waals surface area contributed by atoms with Crippen molar-refractivity contribution in [1.82, 2.24) is 4.98 Å². The largest absolute Gasteiger partial charge is 0.396 e. The Morgan fingerprint density at radius 2 is 2.00 bits per heavy atom. The van der Waals surface area contributed by atoms with E-state index in [2.05, 4.69) is 26.2 Å². The maximum Gasteiger partial charge on any atom is 0.256 e. The van der Waals surface area contributed by atoms with Gasteiger partial charge in [0.25, 0.3) is 5.91 Å². The van der Waals surface area contributed by atoms with E-state index in [0.717, 1.165) is 10.0 Å². The van der Waals surface area contributed by atoms with E-state index in [1.807, 2.05) is 12.1 Å². The summed E-state index contributed by atoms with van der Waals surface area (Å²) in [5.41, 5.74) is 3.69. The minimum absolute atomic E-state index is 0.0388. The Balaban J connectivity index is 2.05. The number of carbonyl (C=O) groups excluding carboxylic acids is 3. The summed E-state index contributed by atoms with van der Waals surface area (Å²) in [5.74, 6) is -0.550. The third-order valence-electron chi connectivity index (χ3n) is 4.78. The van der Waals surface area contributed by atoms with Crippen LogP contribution in [0.25, 0.3) is 11.6 Å². The molecule has 146 valence electrons. The van der Waals surface area contributed by atoms with E-state index in [9.17, 15) is 14.4 Å². The van der Waals surface area contributed by atoms with Gasteiger partial charge in [-0.05, 0) is 56.5 Å². The minimum atomic E-state index is -0.259. The highest BCUT2D eigenvalue weighted by atomic mass is 79.9. The second-order valence-corrected chi connectivity index (χ2v) is 7.69. The van der Waals surface area contributed by atoms with Crippen LogP contribution in [-0.2, 0) is 4.79 Å². The molecule has 1 aromatic heterocycles. The molecule has 2 aromatic rings. The van der Waals surface area contributed by atoms with Crippen LogP contribution in [0.15, 0.2) is 22.7 Å². The maximum absolute atomic E-state index is 12.5. The van der Waals surface area contributed by atoms with Gasteiger partial charge in [0.05, 0.1) is 17.0 Å². The maximum atomic E-state index is 12.5. The van der Waals surface area contributed by atoms with Gasteiger partial charge in [0.2, 0.25) is 0 Å². The molecule has 2 heterocycles. The molecule has 1 amide bonds. The zero-order valence-electron chi connectivity index (χ0n) is 15.7. The minimum Gasteiger partial charge on any atom is -0.396 e. The molecule has 3 rings (SSSR count). The van der Waals surface area contributed by atoms with Gasteiger partial charge in [0.15, 0.2) is 11.6 Å². The number of nitrogens with one attached hydrogen (secondary N) is 2. The molecule has 3 N–H and O–H groups in total. The number of amides is 1. The number of aromatic nitrogens is 1. The average Bonchev–Trinajstić information content (AvgIpc) is 3.12. The number of unbranched alkanes of at least 4 members (excludes halogenated alkanes) is 1. The summed E-state index contributed by atoms with van der Waals surface area (Å²) in [5, 5.41) is 11.7. The number of hydrogen-bond acceptors (Lipinski definition) is 4. The highest BCUT2D eigenvalue weighted by Crippen LogP contribution is 2.36. The highest BCUT2D eigenvalue weighted by molar-refractivity contribution is 9.10. The Morgan fingerprint density at radius 1 is 1.25 bits per heavy atom. The number of ketones is 2. The lowest BCUT2D eigenvalue weighted by Crippen LogP contribution is -2.04. The van der Waals surface area contributed by atoms with E-state index in [0.29, 0.717) is 46.6 Å². The number of H-pyrrole nitrogens is 1. The number of halogens is 1. The molecule has 7 heteroatoms. The van der Waals surface area contributed by atoms with Gasteiger partial charge in [-0.25, -0.2) is 0 Å². The lowest BCUT2D eigenvalue weighted by atomic mass is 10.0. The van der Waals surface area contributed by atoms with Crippen molar-refractivity contribution in [2.75, 3.05) is 11.9 Å². The summed E-state index contributed by atoms with van der Waals surface area (Å²) in [4.78, 5) is 40.3. The molecule has 6 nitrogen and oxygen atoms in total. The Morgan fingerprint density at radius 3 is 2.68 bits per heavy atom. The van der Waals surface area contributed by atoms with E-state index in [-0.39, 0.29) is 30.5 Å². The number of aromatic amines is 1. The molecule has 1 aliphatic heterocycles. The molecule has 1 aromatic carbocycles. The van der Waals surface area contributed by atoms with Gasteiger partial charge in [0.1, 0.15) is 0 Å². The first-order chi connectivity index (χ1) is 13.3. The molecule has 0 unspecified atom stereocenters. The molecule has 0 aliphatic carbocycles. The quantitative estimate of drug-likeness (QED) is 0.339. The van der Waals surface area contributed by atoms with Gasteiger partial charge < -0.3 is 15.4 Å². The number of anilines is 1. The molecule has 0 atom stereocenters. The fraction of sp³-hybridized carbons (Fsp3) is 0.286. The Labute approximate surface area is 171 Å². The van der Waals surface area contributed by atoms with Gasteiger partial charge in [-0.1, -0.05) is 15.9 Å². The Bertz CT molecular complexity index is 1000. The number of aliphatic hydroxyl groups is 1. The van der Waals surface area contributed by atoms with Gasteiger partial charge in [-0.2, -0.15) is 0 Å². The number of rotatable bonds is 7. The van der Waals surface area contributed by atoms with Crippen LogP contribution in [0.4, 0.5) is 5.69 Å². The zero-order chi connectivity index (χ0) is 20.4. The van der Waals surface area contributed by atoms with Crippen molar-refractivity contribution < 1.29 is 19.5 Å². The molecule has 1 aliphatic rings. The van der Waals surface area contributed by atoms with E-state index < -0.39 is 0 Å². The lowest BCUT2D eigenvalue weighted by molar-refractivity contribution is -0.110. The second kappa shape index (κ2) is 8.24. The van der Waals surface area contributed by atoms with E-state index >= 15 is 0 Å². The van der Waals surface area contributed by atoms with Crippen molar-refractivity contribution >= 4 is 50.7 Å². The monoisotopic (exact) mass is 444 g/mol. The topological polar surface area (TPSA) is 99.3 Å². The van der Waals surface area contributed by atoms with Crippen LogP contribution in [0.2, 0.25) is 0 Å². The lowest BCUT2D eigenvalue weighted by Gasteiger charge is -2.01. The van der Waals surface area contributed by atoms with Crippen LogP contribution in [-0.4, -0.2) is 34.2 Å². The molecular formula is C21H21BrN2O4. The molecule has 0 spiro atoms. The smallest absolute Gasteiger partial charge is 0.256 e. The molecule has 0 bridgehead atoms. The van der Waals surface area contributed by atoms with Crippen molar-refractivity contribution in [1.29, 1.82) is 0 Å². The summed E-state index contributed by atoms with van der Waals surface area (Å²) < 4.78 is 0.836. The third kappa shape index (κ3) is 3.86. The molecule has 0 radical (unpaired) electrons. The van der Waals surface area contributed by atoms with Crippen molar-refractivity contribution in [3.05, 3.63) is 50.8 Å². The average molecular weight is 445 g/mol. The number of fused-ring (bicyclic) bond motifs is 1.